The van der Waals surface area contributed by atoms with Crippen molar-refractivity contribution in [3.05, 3.63) is 21.0 Å². The van der Waals surface area contributed by atoms with Crippen LogP contribution in [0.4, 0.5) is 5.69 Å². The molecule has 1 aliphatic rings. The van der Waals surface area contributed by atoms with E-state index in [0.29, 0.717) is 22.6 Å². The molecule has 19 heavy (non-hydrogen) atoms. The molecular weight excluding hydrogens is 312 g/mol. The van der Waals surface area contributed by atoms with E-state index in [-0.39, 0.29) is 24.2 Å². The van der Waals surface area contributed by atoms with E-state index in [1.54, 1.807) is 6.20 Å². The van der Waals surface area contributed by atoms with Crippen LogP contribution in [0.3, 0.4) is 0 Å². The van der Waals surface area contributed by atoms with Crippen LogP contribution in [0.15, 0.2) is 15.5 Å². The number of halogens is 1. The number of rotatable bonds is 6. The van der Waals surface area contributed by atoms with Gasteiger partial charge in [-0.3, -0.25) is 4.79 Å². The molecule has 0 aliphatic heterocycles. The molecule has 1 aromatic rings. The van der Waals surface area contributed by atoms with Gasteiger partial charge in [-0.2, -0.15) is 5.10 Å². The number of aliphatic hydroxyl groups is 1. The summed E-state index contributed by atoms with van der Waals surface area (Å²) in [5, 5.41) is 16.2. The molecule has 1 atom stereocenters. The third-order valence-electron chi connectivity index (χ3n) is 3.62. The lowest BCUT2D eigenvalue weighted by Gasteiger charge is -2.31. The summed E-state index contributed by atoms with van der Waals surface area (Å²) in [6.07, 6.45) is 3.91. The van der Waals surface area contributed by atoms with Gasteiger partial charge in [0, 0.05) is 12.1 Å². The highest BCUT2D eigenvalue weighted by atomic mass is 79.9. The van der Waals surface area contributed by atoms with Crippen LogP contribution >= 0.6 is 15.9 Å². The van der Waals surface area contributed by atoms with Crippen molar-refractivity contribution in [2.45, 2.75) is 31.8 Å². The van der Waals surface area contributed by atoms with Gasteiger partial charge in [-0.05, 0) is 41.6 Å². The second-order valence-electron chi connectivity index (χ2n) is 5.14. The van der Waals surface area contributed by atoms with Gasteiger partial charge in [0.05, 0.1) is 25.0 Å². The Balaban J connectivity index is 2.26. The molecule has 0 spiro atoms. The molecule has 0 bridgehead atoms. The van der Waals surface area contributed by atoms with Crippen LogP contribution in [0.25, 0.3) is 0 Å². The predicted molar refractivity (Wildman–Crippen MR) is 77.1 cm³/mol. The van der Waals surface area contributed by atoms with E-state index in [1.807, 2.05) is 0 Å². The van der Waals surface area contributed by atoms with Crippen molar-refractivity contribution in [2.24, 2.45) is 11.7 Å². The lowest BCUT2D eigenvalue weighted by Crippen LogP contribution is -2.45. The molecule has 7 heteroatoms. The summed E-state index contributed by atoms with van der Waals surface area (Å²) in [7, 11) is 0. The van der Waals surface area contributed by atoms with Crippen LogP contribution in [0, 0.1) is 5.92 Å². The molecule has 1 aliphatic carbocycles. The van der Waals surface area contributed by atoms with Crippen LogP contribution in [-0.2, 0) is 6.54 Å². The van der Waals surface area contributed by atoms with Gasteiger partial charge < -0.3 is 16.2 Å². The summed E-state index contributed by atoms with van der Waals surface area (Å²) < 4.78 is 1.66. The Morgan fingerprint density at radius 3 is 2.89 bits per heavy atom. The lowest BCUT2D eigenvalue weighted by molar-refractivity contribution is 0.266. The fraction of sp³-hybridized carbons (Fsp3) is 0.667. The molecule has 2 rings (SSSR count). The van der Waals surface area contributed by atoms with Gasteiger partial charge in [0.2, 0.25) is 0 Å². The Bertz CT molecular complexity index is 515. The highest BCUT2D eigenvalue weighted by molar-refractivity contribution is 9.10. The fourth-order valence-electron chi connectivity index (χ4n) is 2.15. The summed E-state index contributed by atoms with van der Waals surface area (Å²) in [5.41, 5.74) is 6.03. The largest absolute Gasteiger partial charge is 0.394 e. The average molecular weight is 331 g/mol. The third kappa shape index (κ3) is 2.98. The fourth-order valence-corrected chi connectivity index (χ4v) is 2.56. The number of aromatic nitrogens is 2. The van der Waals surface area contributed by atoms with Crippen molar-refractivity contribution >= 4 is 21.6 Å². The summed E-state index contributed by atoms with van der Waals surface area (Å²) >= 11 is 3.29. The second-order valence-corrected chi connectivity index (χ2v) is 5.94. The number of nitrogens with two attached hydrogens (primary N) is 1. The Morgan fingerprint density at radius 1 is 1.68 bits per heavy atom. The summed E-state index contributed by atoms with van der Waals surface area (Å²) in [6, 6.07) is 0. The lowest BCUT2D eigenvalue weighted by atomic mass is 9.96. The molecule has 0 radical (unpaired) electrons. The molecule has 0 amide bonds. The zero-order valence-electron chi connectivity index (χ0n) is 10.9. The monoisotopic (exact) mass is 330 g/mol. The first-order valence-electron chi connectivity index (χ1n) is 6.36. The molecule has 1 heterocycles. The number of anilines is 1. The molecule has 1 unspecified atom stereocenters. The molecule has 1 fully saturated rings. The minimum Gasteiger partial charge on any atom is -0.394 e. The van der Waals surface area contributed by atoms with E-state index in [9.17, 15) is 4.79 Å². The number of hydrogen-bond donors (Lipinski definition) is 3. The van der Waals surface area contributed by atoms with E-state index >= 15 is 0 Å². The maximum Gasteiger partial charge on any atom is 0.283 e. The zero-order chi connectivity index (χ0) is 14.0. The van der Waals surface area contributed by atoms with Crippen LogP contribution in [0.5, 0.6) is 0 Å². The van der Waals surface area contributed by atoms with Gasteiger partial charge in [0.1, 0.15) is 4.47 Å². The first kappa shape index (κ1) is 14.5. The Labute approximate surface area is 120 Å². The van der Waals surface area contributed by atoms with Crippen molar-refractivity contribution in [1.29, 1.82) is 0 Å². The summed E-state index contributed by atoms with van der Waals surface area (Å²) in [6.45, 7) is 2.64. The third-order valence-corrected chi connectivity index (χ3v) is 4.39. The average Bonchev–Trinajstić information content (AvgIpc) is 3.23. The van der Waals surface area contributed by atoms with E-state index < -0.39 is 0 Å². The van der Waals surface area contributed by atoms with Gasteiger partial charge in [-0.1, -0.05) is 0 Å². The Hall–Kier alpha value is -0.920. The maximum absolute atomic E-state index is 12.0. The van der Waals surface area contributed by atoms with E-state index in [0.717, 1.165) is 12.8 Å². The predicted octanol–water partition coefficient (Wildman–Crippen LogP) is 0.537. The number of nitrogens with one attached hydrogen (secondary N) is 1. The van der Waals surface area contributed by atoms with Crippen molar-refractivity contribution in [3.63, 3.8) is 0 Å². The van der Waals surface area contributed by atoms with Crippen LogP contribution in [0.2, 0.25) is 0 Å². The van der Waals surface area contributed by atoms with Gasteiger partial charge in [-0.15, -0.1) is 0 Å². The van der Waals surface area contributed by atoms with E-state index in [1.165, 1.54) is 4.68 Å². The van der Waals surface area contributed by atoms with E-state index in [2.05, 4.69) is 33.3 Å². The highest BCUT2D eigenvalue weighted by Crippen LogP contribution is 2.41. The molecule has 106 valence electrons. The molecule has 1 aromatic heterocycles. The molecule has 1 saturated carbocycles. The summed E-state index contributed by atoms with van der Waals surface area (Å²) in [5.74, 6) is 0.546. The maximum atomic E-state index is 12.0. The molecule has 0 saturated heterocycles. The van der Waals surface area contributed by atoms with E-state index in [4.69, 9.17) is 10.8 Å². The van der Waals surface area contributed by atoms with Crippen LogP contribution in [-0.4, -0.2) is 33.6 Å². The van der Waals surface area contributed by atoms with Crippen LogP contribution in [0.1, 0.15) is 19.8 Å². The molecule has 4 N–H and O–H groups in total. The molecule has 6 nitrogen and oxygen atoms in total. The van der Waals surface area contributed by atoms with Gasteiger partial charge in [0.15, 0.2) is 0 Å². The Morgan fingerprint density at radius 2 is 2.37 bits per heavy atom. The highest BCUT2D eigenvalue weighted by Gasteiger charge is 2.40. The number of hydrogen-bond acceptors (Lipinski definition) is 5. The van der Waals surface area contributed by atoms with Crippen molar-refractivity contribution in [2.75, 3.05) is 18.5 Å². The normalized spacial score (nSPS) is 18.1. The SMILES string of the molecule is CC(CN)(Nc1cnn(CCO)c(=O)c1Br)C1CC1. The smallest absolute Gasteiger partial charge is 0.283 e. The van der Waals surface area contributed by atoms with Crippen molar-refractivity contribution in [3.8, 4) is 0 Å². The minimum atomic E-state index is -0.255. The number of aliphatic hydroxyl groups excluding tert-OH is 1. The first-order chi connectivity index (χ1) is 9.01. The Kier molecular flexibility index (Phi) is 4.27. The molecular formula is C12H19BrN4O2. The molecule has 0 aromatic carbocycles. The summed E-state index contributed by atoms with van der Waals surface area (Å²) in [4.78, 5) is 12.0. The quantitative estimate of drug-likeness (QED) is 0.707. The second kappa shape index (κ2) is 5.60. The van der Waals surface area contributed by atoms with Gasteiger partial charge in [-0.25, -0.2) is 4.68 Å². The first-order valence-corrected chi connectivity index (χ1v) is 7.16. The zero-order valence-corrected chi connectivity index (χ0v) is 12.5. The van der Waals surface area contributed by atoms with Crippen LogP contribution < -0.4 is 16.6 Å². The minimum absolute atomic E-state index is 0.116. The van der Waals surface area contributed by atoms with Crippen molar-refractivity contribution < 1.29 is 5.11 Å². The van der Waals surface area contributed by atoms with Gasteiger partial charge in [0.25, 0.3) is 5.56 Å². The van der Waals surface area contributed by atoms with Gasteiger partial charge >= 0.3 is 0 Å². The number of nitrogens with zero attached hydrogens (tertiary/aromatic N) is 2. The van der Waals surface area contributed by atoms with Crippen molar-refractivity contribution in [1.82, 2.24) is 9.78 Å². The standard InChI is InChI=1S/C12H19BrN4O2/c1-12(7-14,8-2-3-8)16-9-6-15-17(4-5-18)11(19)10(9)13/h6,8,16,18H,2-5,7,14H2,1H3. The topological polar surface area (TPSA) is 93.2 Å².